The third-order valence-corrected chi connectivity index (χ3v) is 1.77. The summed E-state index contributed by atoms with van der Waals surface area (Å²) < 4.78 is 0. The molecule has 0 saturated heterocycles. The van der Waals surface area contributed by atoms with E-state index in [2.05, 4.69) is 17.7 Å². The Labute approximate surface area is 69.8 Å². The molecule has 0 radical (unpaired) electrons. The van der Waals surface area contributed by atoms with Gasteiger partial charge in [-0.2, -0.15) is 0 Å². The van der Waals surface area contributed by atoms with Gasteiger partial charge in [-0.05, 0) is 19.9 Å². The van der Waals surface area contributed by atoms with Crippen LogP contribution in [0.3, 0.4) is 0 Å². The lowest BCUT2D eigenvalue weighted by Gasteiger charge is -2.15. The topological polar surface area (TPSA) is 29.3 Å². The average Bonchev–Trinajstić information content (AvgIpc) is 2.01. The summed E-state index contributed by atoms with van der Waals surface area (Å²) in [7, 11) is 2.02. The first-order valence-corrected chi connectivity index (χ1v) is 4.08. The molecular formula is C9H18N2. The molecule has 11 heavy (non-hydrogen) atoms. The summed E-state index contributed by atoms with van der Waals surface area (Å²) in [6, 6.07) is 0.329. The van der Waals surface area contributed by atoms with E-state index in [1.54, 1.807) is 0 Å². The normalized spacial score (nSPS) is 13.0. The summed E-state index contributed by atoms with van der Waals surface area (Å²) in [5.41, 5.74) is 5.74. The summed E-state index contributed by atoms with van der Waals surface area (Å²) in [4.78, 5) is 2.11. The molecule has 0 amide bonds. The molecule has 64 valence electrons. The maximum absolute atomic E-state index is 5.74. The smallest absolute Gasteiger partial charge is 0.0596 e. The van der Waals surface area contributed by atoms with Gasteiger partial charge >= 0.3 is 0 Å². The van der Waals surface area contributed by atoms with E-state index in [-0.39, 0.29) is 0 Å². The predicted octanol–water partition coefficient (Wildman–Crippen LogP) is 0.679. The number of nitrogens with zero attached hydrogens (tertiary/aromatic N) is 1. The van der Waals surface area contributed by atoms with Gasteiger partial charge in [0.25, 0.3) is 0 Å². The van der Waals surface area contributed by atoms with Gasteiger partial charge in [0.05, 0.1) is 6.54 Å². The molecule has 0 fully saturated rings. The second-order valence-corrected chi connectivity index (χ2v) is 2.90. The third-order valence-electron chi connectivity index (χ3n) is 1.77. The molecule has 2 heteroatoms. The van der Waals surface area contributed by atoms with E-state index in [9.17, 15) is 0 Å². The first-order chi connectivity index (χ1) is 5.20. The largest absolute Gasteiger partial charge is 0.328 e. The van der Waals surface area contributed by atoms with Gasteiger partial charge in [-0.1, -0.05) is 12.8 Å². The maximum Gasteiger partial charge on any atom is 0.0596 e. The van der Waals surface area contributed by atoms with Gasteiger partial charge in [0.1, 0.15) is 0 Å². The van der Waals surface area contributed by atoms with Crippen LogP contribution in [0.5, 0.6) is 0 Å². The maximum atomic E-state index is 5.74. The highest BCUT2D eigenvalue weighted by Crippen LogP contribution is 1.94. The van der Waals surface area contributed by atoms with E-state index < -0.39 is 0 Å². The lowest BCUT2D eigenvalue weighted by atomic mass is 10.2. The van der Waals surface area contributed by atoms with Crippen molar-refractivity contribution in [3.05, 3.63) is 0 Å². The van der Waals surface area contributed by atoms with Crippen molar-refractivity contribution in [2.75, 3.05) is 20.1 Å². The van der Waals surface area contributed by atoms with Crippen molar-refractivity contribution in [1.29, 1.82) is 0 Å². The monoisotopic (exact) mass is 154 g/mol. The highest BCUT2D eigenvalue weighted by Gasteiger charge is 2.00. The Hall–Kier alpha value is -0.520. The molecule has 0 aromatic carbocycles. The molecule has 0 aromatic heterocycles. The van der Waals surface area contributed by atoms with Crippen LogP contribution in [0.1, 0.15) is 19.8 Å². The summed E-state index contributed by atoms with van der Waals surface area (Å²) >= 11 is 0. The summed E-state index contributed by atoms with van der Waals surface area (Å²) in [5.74, 6) is 2.59. The SMILES string of the molecule is C#CCN(C)CCC(N)CC. The lowest BCUT2D eigenvalue weighted by Crippen LogP contribution is -2.27. The number of nitrogens with two attached hydrogens (primary N) is 1. The Morgan fingerprint density at radius 1 is 1.64 bits per heavy atom. The van der Waals surface area contributed by atoms with Crippen LogP contribution in [0.25, 0.3) is 0 Å². The quantitative estimate of drug-likeness (QED) is 0.590. The van der Waals surface area contributed by atoms with Crippen molar-refractivity contribution in [1.82, 2.24) is 4.90 Å². The summed E-state index contributed by atoms with van der Waals surface area (Å²) in [5, 5.41) is 0. The number of rotatable bonds is 5. The van der Waals surface area contributed by atoms with Gasteiger partial charge in [-0.3, -0.25) is 4.90 Å². The summed E-state index contributed by atoms with van der Waals surface area (Å²) in [6.45, 7) is 3.82. The van der Waals surface area contributed by atoms with E-state index >= 15 is 0 Å². The van der Waals surface area contributed by atoms with Crippen LogP contribution in [0.15, 0.2) is 0 Å². The van der Waals surface area contributed by atoms with Crippen LogP contribution in [0.4, 0.5) is 0 Å². The number of terminal acetylenes is 1. The van der Waals surface area contributed by atoms with Crippen LogP contribution in [-0.2, 0) is 0 Å². The Morgan fingerprint density at radius 2 is 2.27 bits per heavy atom. The fraction of sp³-hybridized carbons (Fsp3) is 0.778. The van der Waals surface area contributed by atoms with Crippen LogP contribution in [0.2, 0.25) is 0 Å². The molecule has 1 unspecified atom stereocenters. The molecule has 0 spiro atoms. The van der Waals surface area contributed by atoms with Gasteiger partial charge in [-0.15, -0.1) is 6.42 Å². The highest BCUT2D eigenvalue weighted by atomic mass is 15.1. The third kappa shape index (κ3) is 5.90. The molecule has 0 saturated carbocycles. The fourth-order valence-electron chi connectivity index (χ4n) is 0.825. The van der Waals surface area contributed by atoms with E-state index in [1.165, 1.54) is 0 Å². The Bertz CT molecular complexity index is 126. The molecule has 0 aromatic rings. The molecule has 2 N–H and O–H groups in total. The number of hydrogen-bond donors (Lipinski definition) is 1. The van der Waals surface area contributed by atoms with Gasteiger partial charge < -0.3 is 5.73 Å². The first kappa shape index (κ1) is 10.5. The van der Waals surface area contributed by atoms with E-state index in [0.29, 0.717) is 6.04 Å². The van der Waals surface area contributed by atoms with E-state index in [4.69, 9.17) is 12.2 Å². The fourth-order valence-corrected chi connectivity index (χ4v) is 0.825. The molecule has 0 aliphatic heterocycles. The van der Waals surface area contributed by atoms with E-state index in [1.807, 2.05) is 7.05 Å². The highest BCUT2D eigenvalue weighted by molar-refractivity contribution is 4.87. The molecular weight excluding hydrogens is 136 g/mol. The lowest BCUT2D eigenvalue weighted by molar-refractivity contribution is 0.351. The first-order valence-electron chi connectivity index (χ1n) is 4.08. The van der Waals surface area contributed by atoms with Crippen molar-refractivity contribution in [3.63, 3.8) is 0 Å². The van der Waals surface area contributed by atoms with Gasteiger partial charge in [0.2, 0.25) is 0 Å². The molecule has 2 nitrogen and oxygen atoms in total. The standard InChI is InChI=1S/C9H18N2/c1-4-7-11(3)8-6-9(10)5-2/h1,9H,5-8,10H2,2-3H3. The Morgan fingerprint density at radius 3 is 2.73 bits per heavy atom. The molecule has 1 atom stereocenters. The average molecular weight is 154 g/mol. The van der Waals surface area contributed by atoms with Crippen LogP contribution < -0.4 is 5.73 Å². The Balaban J connectivity index is 3.31. The van der Waals surface area contributed by atoms with Crippen molar-refractivity contribution in [3.8, 4) is 12.3 Å². The van der Waals surface area contributed by atoms with Crippen LogP contribution in [0, 0.1) is 12.3 Å². The molecule has 0 rings (SSSR count). The van der Waals surface area contributed by atoms with Crippen molar-refractivity contribution in [2.24, 2.45) is 5.73 Å². The van der Waals surface area contributed by atoms with Gasteiger partial charge in [-0.25, -0.2) is 0 Å². The molecule has 0 bridgehead atoms. The van der Waals surface area contributed by atoms with Crippen molar-refractivity contribution in [2.45, 2.75) is 25.8 Å². The molecule has 0 aliphatic carbocycles. The zero-order chi connectivity index (χ0) is 8.69. The van der Waals surface area contributed by atoms with Crippen molar-refractivity contribution < 1.29 is 0 Å². The zero-order valence-electron chi connectivity index (χ0n) is 7.51. The van der Waals surface area contributed by atoms with Crippen molar-refractivity contribution >= 4 is 0 Å². The minimum Gasteiger partial charge on any atom is -0.328 e. The Kier molecular flexibility index (Phi) is 5.91. The van der Waals surface area contributed by atoms with Gasteiger partial charge in [0.15, 0.2) is 0 Å². The minimum atomic E-state index is 0.329. The van der Waals surface area contributed by atoms with Gasteiger partial charge in [0, 0.05) is 12.6 Å². The van der Waals surface area contributed by atoms with Crippen LogP contribution >= 0.6 is 0 Å². The molecule has 0 heterocycles. The summed E-state index contributed by atoms with van der Waals surface area (Å²) in [6.07, 6.45) is 7.23. The predicted molar refractivity (Wildman–Crippen MR) is 49.2 cm³/mol. The minimum absolute atomic E-state index is 0.329. The molecule has 0 aliphatic rings. The zero-order valence-corrected chi connectivity index (χ0v) is 7.51. The number of hydrogen-bond acceptors (Lipinski definition) is 2. The second kappa shape index (κ2) is 6.21. The van der Waals surface area contributed by atoms with Crippen LogP contribution in [-0.4, -0.2) is 31.1 Å². The van der Waals surface area contributed by atoms with E-state index in [0.717, 1.165) is 25.9 Å². The second-order valence-electron chi connectivity index (χ2n) is 2.90.